The summed E-state index contributed by atoms with van der Waals surface area (Å²) in [6.45, 7) is 24.7. The maximum atomic E-state index is 7.69. The fourth-order valence-electron chi connectivity index (χ4n) is 9.06. The van der Waals surface area contributed by atoms with Crippen LogP contribution in [0, 0.1) is 0 Å². The van der Waals surface area contributed by atoms with E-state index in [1.54, 1.807) is 11.8 Å². The van der Waals surface area contributed by atoms with Crippen LogP contribution in [0.3, 0.4) is 0 Å². The summed E-state index contributed by atoms with van der Waals surface area (Å²) in [7, 11) is -5.07. The predicted molar refractivity (Wildman–Crippen MR) is 316 cm³/mol. The Morgan fingerprint density at radius 1 is 0.372 bits per heavy atom. The standard InChI is InChI=1S/C65H84O10SSi2/c1-64(2,3)77(7,8)74-57-54(46-66-41-48-29-17-11-18-30-48)72-62(60(69-44-51-35-23-14-24-36-51)59(57)75-78(9,10)65(4,5)6)71-47-55-56(67-42-49-31-19-12-20-32-49)58(68-43-50-33-21-13-22-34-50)61(70-45-52-37-25-15-26-38-52)63(73-55)76-53-39-27-16-28-40-53/h11-40,54-63H,41-47H2,1-10H3/t54-,55-,56-,57-,58+,59+,60-,61-,62-,63+/m1/s1. The summed E-state index contributed by atoms with van der Waals surface area (Å²) in [5.41, 5.74) is 4.63. The average Bonchev–Trinajstić information content (AvgIpc) is 3.53. The third-order valence-corrected chi connectivity index (χ3v) is 25.7. The minimum absolute atomic E-state index is 0.0515. The maximum Gasteiger partial charge on any atom is 0.192 e. The summed E-state index contributed by atoms with van der Waals surface area (Å²) in [5.74, 6) is 0. The molecule has 0 spiro atoms. The van der Waals surface area contributed by atoms with Crippen LogP contribution in [0.4, 0.5) is 0 Å². The van der Waals surface area contributed by atoms with Crippen LogP contribution in [0.5, 0.6) is 0 Å². The van der Waals surface area contributed by atoms with Crippen LogP contribution < -0.4 is 0 Å². The maximum absolute atomic E-state index is 7.69. The Hall–Kier alpha value is -4.30. The van der Waals surface area contributed by atoms with Gasteiger partial charge in [0.25, 0.3) is 0 Å². The zero-order valence-corrected chi connectivity index (χ0v) is 50.4. The summed E-state index contributed by atoms with van der Waals surface area (Å²) in [6.07, 6.45) is -6.02. The van der Waals surface area contributed by atoms with Gasteiger partial charge >= 0.3 is 0 Å². The quantitative estimate of drug-likeness (QED) is 0.0513. The molecular formula is C65H84O10SSi2. The molecule has 0 amide bonds. The van der Waals surface area contributed by atoms with E-state index in [2.05, 4.69) is 141 Å². The lowest BCUT2D eigenvalue weighted by molar-refractivity contribution is -0.321. The predicted octanol–water partition coefficient (Wildman–Crippen LogP) is 14.6. The Bertz CT molecular complexity index is 2640. The summed E-state index contributed by atoms with van der Waals surface area (Å²) in [5, 5.41) is -0.272. The van der Waals surface area contributed by atoms with Gasteiger partial charge in [-0.3, -0.25) is 0 Å². The molecule has 0 aromatic heterocycles. The minimum atomic E-state index is -2.57. The molecular weight excluding hydrogens is 1030 g/mol. The van der Waals surface area contributed by atoms with Crippen LogP contribution in [-0.2, 0) is 79.8 Å². The molecule has 418 valence electrons. The molecule has 0 bridgehead atoms. The Morgan fingerprint density at radius 3 is 1.17 bits per heavy atom. The molecule has 6 aromatic carbocycles. The van der Waals surface area contributed by atoms with Crippen LogP contribution in [0.1, 0.15) is 69.4 Å². The van der Waals surface area contributed by atoms with Gasteiger partial charge in [0.2, 0.25) is 0 Å². The molecule has 0 N–H and O–H groups in total. The number of rotatable bonds is 25. The van der Waals surface area contributed by atoms with Crippen molar-refractivity contribution in [1.82, 2.24) is 0 Å². The SMILES string of the molecule is CC(C)(C)[Si](C)(C)O[C@@H]1[C@@H](OCc2ccccc2)[C@H](OC[C@H]2O[C@@H](Sc3ccccc3)[C@H](OCc3ccccc3)[C@@H](OCc3ccccc3)[C@@H]2OCc2ccccc2)O[C@H](COCc2ccccc2)[C@H]1O[Si](C)(C)C(C)(C)C. The van der Waals surface area contributed by atoms with Crippen LogP contribution in [-0.4, -0.2) is 90.4 Å². The van der Waals surface area contributed by atoms with Gasteiger partial charge in [0.1, 0.15) is 54.3 Å². The van der Waals surface area contributed by atoms with E-state index in [-0.39, 0.29) is 23.3 Å². The van der Waals surface area contributed by atoms with Gasteiger partial charge in [0, 0.05) is 4.90 Å². The van der Waals surface area contributed by atoms with Gasteiger partial charge in [-0.1, -0.05) is 223 Å². The van der Waals surface area contributed by atoms with Gasteiger partial charge in [-0.25, -0.2) is 0 Å². The van der Waals surface area contributed by atoms with E-state index in [1.165, 1.54) is 0 Å². The van der Waals surface area contributed by atoms with Crippen molar-refractivity contribution in [3.63, 3.8) is 0 Å². The first-order valence-corrected chi connectivity index (χ1v) is 34.4. The van der Waals surface area contributed by atoms with Crippen LogP contribution >= 0.6 is 11.8 Å². The molecule has 2 heterocycles. The molecule has 13 heteroatoms. The molecule has 0 aliphatic carbocycles. The van der Waals surface area contributed by atoms with Crippen molar-refractivity contribution >= 4 is 28.4 Å². The molecule has 6 aromatic rings. The van der Waals surface area contributed by atoms with E-state index in [1.807, 2.05) is 109 Å². The molecule has 0 saturated carbocycles. The van der Waals surface area contributed by atoms with Gasteiger partial charge in [0.15, 0.2) is 22.9 Å². The lowest BCUT2D eigenvalue weighted by atomic mass is 9.98. The van der Waals surface area contributed by atoms with Gasteiger partial charge in [0.05, 0.1) is 46.2 Å². The molecule has 2 fully saturated rings. The zero-order chi connectivity index (χ0) is 55.2. The van der Waals surface area contributed by atoms with Crippen molar-refractivity contribution in [2.75, 3.05) is 13.2 Å². The molecule has 2 saturated heterocycles. The lowest BCUT2D eigenvalue weighted by Crippen LogP contribution is -2.67. The second-order valence-corrected chi connectivity index (χ2v) is 34.3. The first-order valence-electron chi connectivity index (χ1n) is 27.7. The number of hydrogen-bond donors (Lipinski definition) is 0. The smallest absolute Gasteiger partial charge is 0.192 e. The Labute approximate surface area is 472 Å². The molecule has 10 atom stereocenters. The van der Waals surface area contributed by atoms with Crippen molar-refractivity contribution < 1.29 is 46.7 Å². The fourth-order valence-corrected chi connectivity index (χ4v) is 12.8. The van der Waals surface area contributed by atoms with Crippen molar-refractivity contribution in [1.29, 1.82) is 0 Å². The summed E-state index contributed by atoms with van der Waals surface area (Å²) < 4.78 is 72.5. The van der Waals surface area contributed by atoms with E-state index in [9.17, 15) is 0 Å². The Balaban J connectivity index is 1.20. The minimum Gasteiger partial charge on any atom is -0.408 e. The van der Waals surface area contributed by atoms with E-state index in [0.717, 1.165) is 32.7 Å². The Kier molecular flexibility index (Phi) is 21.4. The number of benzene rings is 6. The molecule has 78 heavy (non-hydrogen) atoms. The van der Waals surface area contributed by atoms with Crippen LogP contribution in [0.25, 0.3) is 0 Å². The molecule has 8 rings (SSSR count). The number of hydrogen-bond acceptors (Lipinski definition) is 11. The van der Waals surface area contributed by atoms with Gasteiger partial charge in [-0.05, 0) is 76.2 Å². The van der Waals surface area contributed by atoms with Crippen LogP contribution in [0.15, 0.2) is 187 Å². The summed E-state index contributed by atoms with van der Waals surface area (Å²) >= 11 is 1.61. The van der Waals surface area contributed by atoms with E-state index in [4.69, 9.17) is 46.7 Å². The van der Waals surface area contributed by atoms with Gasteiger partial charge in [-0.15, -0.1) is 0 Å². The molecule has 2 aliphatic heterocycles. The van der Waals surface area contributed by atoms with Crippen molar-refractivity contribution in [3.8, 4) is 0 Å². The first kappa shape index (κ1) is 59.8. The molecule has 0 radical (unpaired) electrons. The highest BCUT2D eigenvalue weighted by molar-refractivity contribution is 7.99. The fraction of sp³-hybridized carbons (Fsp3) is 0.446. The van der Waals surface area contributed by atoms with Gasteiger partial charge in [-0.2, -0.15) is 0 Å². The van der Waals surface area contributed by atoms with Crippen LogP contribution in [0.2, 0.25) is 36.3 Å². The summed E-state index contributed by atoms with van der Waals surface area (Å²) in [4.78, 5) is 1.03. The third-order valence-electron chi connectivity index (χ3n) is 15.6. The van der Waals surface area contributed by atoms with Gasteiger partial charge < -0.3 is 46.7 Å². The topological polar surface area (TPSA) is 92.3 Å². The highest BCUT2D eigenvalue weighted by Gasteiger charge is 2.56. The second kappa shape index (κ2) is 27.9. The first-order chi connectivity index (χ1) is 37.4. The van der Waals surface area contributed by atoms with Crippen molar-refractivity contribution in [2.24, 2.45) is 0 Å². The third kappa shape index (κ3) is 16.7. The number of thioether (sulfide) groups is 1. The van der Waals surface area contributed by atoms with E-state index >= 15 is 0 Å². The van der Waals surface area contributed by atoms with E-state index < -0.39 is 77.2 Å². The Morgan fingerprint density at radius 2 is 0.731 bits per heavy atom. The van der Waals surface area contributed by atoms with E-state index in [0.29, 0.717) is 33.0 Å². The molecule has 0 unspecified atom stereocenters. The normalized spacial score (nSPS) is 24.2. The monoisotopic (exact) mass is 1110 g/mol. The summed E-state index contributed by atoms with van der Waals surface area (Å²) in [6, 6.07) is 61.4. The zero-order valence-electron chi connectivity index (χ0n) is 47.5. The largest absolute Gasteiger partial charge is 0.408 e. The highest BCUT2D eigenvalue weighted by Crippen LogP contribution is 2.45. The average molecular weight is 1110 g/mol. The second-order valence-electron chi connectivity index (χ2n) is 23.6. The van der Waals surface area contributed by atoms with Crippen molar-refractivity contribution in [3.05, 3.63) is 210 Å². The number of ether oxygens (including phenoxy) is 8. The molecule has 10 nitrogen and oxygen atoms in total. The highest BCUT2D eigenvalue weighted by atomic mass is 32.2. The molecule has 2 aliphatic rings. The lowest BCUT2D eigenvalue weighted by Gasteiger charge is -2.53. The van der Waals surface area contributed by atoms with Crippen molar-refractivity contribution in [2.45, 2.75) is 176 Å².